The molecule has 2 N–H and O–H groups in total. The zero-order chi connectivity index (χ0) is 15.0. The SMILES string of the molecule is CCOc1ccc(-n2c(N)nc3cc(F)ccc32)cc1F. The van der Waals surface area contributed by atoms with Crippen LogP contribution in [0.2, 0.25) is 0 Å². The molecule has 0 unspecified atom stereocenters. The lowest BCUT2D eigenvalue weighted by Gasteiger charge is -2.09. The van der Waals surface area contributed by atoms with Crippen molar-refractivity contribution in [2.24, 2.45) is 0 Å². The summed E-state index contributed by atoms with van der Waals surface area (Å²) in [4.78, 5) is 4.09. The van der Waals surface area contributed by atoms with Crippen molar-refractivity contribution in [3.8, 4) is 11.4 Å². The number of hydrogen-bond donors (Lipinski definition) is 1. The lowest BCUT2D eigenvalue weighted by atomic mass is 10.2. The summed E-state index contributed by atoms with van der Waals surface area (Å²) in [5.41, 5.74) is 7.39. The van der Waals surface area contributed by atoms with E-state index in [9.17, 15) is 8.78 Å². The van der Waals surface area contributed by atoms with E-state index in [0.29, 0.717) is 23.3 Å². The van der Waals surface area contributed by atoms with Crippen LogP contribution in [0.4, 0.5) is 14.7 Å². The number of aromatic nitrogens is 2. The monoisotopic (exact) mass is 289 g/mol. The van der Waals surface area contributed by atoms with E-state index in [1.165, 1.54) is 24.3 Å². The Bertz CT molecular complexity index is 814. The second-order valence-electron chi connectivity index (χ2n) is 4.49. The lowest BCUT2D eigenvalue weighted by molar-refractivity contribution is 0.321. The van der Waals surface area contributed by atoms with Crippen LogP contribution in [-0.4, -0.2) is 16.2 Å². The predicted octanol–water partition coefficient (Wildman–Crippen LogP) is 3.28. The van der Waals surface area contributed by atoms with Crippen molar-refractivity contribution in [3.63, 3.8) is 0 Å². The van der Waals surface area contributed by atoms with E-state index in [1.54, 1.807) is 23.6 Å². The molecule has 0 bridgehead atoms. The first kappa shape index (κ1) is 13.4. The average Bonchev–Trinajstić information content (AvgIpc) is 2.76. The molecule has 0 spiro atoms. The molecule has 108 valence electrons. The molecule has 0 aliphatic carbocycles. The van der Waals surface area contributed by atoms with Crippen LogP contribution < -0.4 is 10.5 Å². The molecule has 21 heavy (non-hydrogen) atoms. The summed E-state index contributed by atoms with van der Waals surface area (Å²) in [5.74, 6) is -0.544. The smallest absolute Gasteiger partial charge is 0.205 e. The van der Waals surface area contributed by atoms with Crippen molar-refractivity contribution in [1.82, 2.24) is 9.55 Å². The maximum Gasteiger partial charge on any atom is 0.205 e. The van der Waals surface area contributed by atoms with Gasteiger partial charge in [0, 0.05) is 12.1 Å². The number of fused-ring (bicyclic) bond motifs is 1. The van der Waals surface area contributed by atoms with Crippen molar-refractivity contribution in [1.29, 1.82) is 0 Å². The van der Waals surface area contributed by atoms with Gasteiger partial charge in [0.15, 0.2) is 11.6 Å². The molecule has 0 atom stereocenters. The topological polar surface area (TPSA) is 53.1 Å². The normalized spacial score (nSPS) is 11.0. The Morgan fingerprint density at radius 3 is 2.71 bits per heavy atom. The highest BCUT2D eigenvalue weighted by Gasteiger charge is 2.13. The molecule has 0 saturated heterocycles. The van der Waals surface area contributed by atoms with Crippen molar-refractivity contribution < 1.29 is 13.5 Å². The van der Waals surface area contributed by atoms with Gasteiger partial charge in [0.2, 0.25) is 5.95 Å². The standard InChI is InChI=1S/C15H13F2N3O/c1-2-21-14-6-4-10(8-11(14)17)20-13-5-3-9(16)7-12(13)19-15(20)18/h3-8H,2H2,1H3,(H2,18,19). The molecule has 1 heterocycles. The van der Waals surface area contributed by atoms with E-state index < -0.39 is 11.6 Å². The second-order valence-corrected chi connectivity index (χ2v) is 4.49. The van der Waals surface area contributed by atoms with Crippen molar-refractivity contribution in [3.05, 3.63) is 48.0 Å². The molecule has 4 nitrogen and oxygen atoms in total. The van der Waals surface area contributed by atoms with Gasteiger partial charge in [0.25, 0.3) is 0 Å². The van der Waals surface area contributed by atoms with Crippen LogP contribution in [0.1, 0.15) is 6.92 Å². The Morgan fingerprint density at radius 1 is 1.19 bits per heavy atom. The summed E-state index contributed by atoms with van der Waals surface area (Å²) >= 11 is 0. The maximum atomic E-state index is 14.0. The van der Waals surface area contributed by atoms with Gasteiger partial charge >= 0.3 is 0 Å². The number of nitrogen functional groups attached to an aromatic ring is 1. The average molecular weight is 289 g/mol. The molecule has 0 aliphatic rings. The van der Waals surface area contributed by atoms with Crippen LogP contribution in [0.15, 0.2) is 36.4 Å². The van der Waals surface area contributed by atoms with E-state index in [4.69, 9.17) is 10.5 Å². The quantitative estimate of drug-likeness (QED) is 0.805. The van der Waals surface area contributed by atoms with Crippen molar-refractivity contribution >= 4 is 17.0 Å². The van der Waals surface area contributed by atoms with Gasteiger partial charge in [-0.3, -0.25) is 4.57 Å². The molecule has 1 aromatic heterocycles. The number of halogens is 2. The highest BCUT2D eigenvalue weighted by atomic mass is 19.1. The minimum atomic E-state index is -0.488. The van der Waals surface area contributed by atoms with Gasteiger partial charge in [-0.05, 0) is 31.2 Å². The van der Waals surface area contributed by atoms with E-state index in [1.807, 2.05) is 0 Å². The molecule has 3 aromatic rings. The second kappa shape index (κ2) is 5.05. The zero-order valence-corrected chi connectivity index (χ0v) is 11.3. The van der Waals surface area contributed by atoms with Crippen molar-refractivity contribution in [2.45, 2.75) is 6.92 Å². The number of nitrogens with zero attached hydrogens (tertiary/aromatic N) is 2. The van der Waals surface area contributed by atoms with Gasteiger partial charge in [-0.1, -0.05) is 0 Å². The molecule has 3 rings (SSSR count). The first-order valence-corrected chi connectivity index (χ1v) is 6.46. The number of ether oxygens (including phenoxy) is 1. The number of hydrogen-bond acceptors (Lipinski definition) is 3. The largest absolute Gasteiger partial charge is 0.491 e. The third kappa shape index (κ3) is 2.29. The number of nitrogens with two attached hydrogens (primary N) is 1. The lowest BCUT2D eigenvalue weighted by Crippen LogP contribution is -2.02. The molecular weight excluding hydrogens is 276 g/mol. The molecular formula is C15H13F2N3O. The number of rotatable bonds is 3. The Kier molecular flexibility index (Phi) is 3.21. The van der Waals surface area contributed by atoms with Crippen LogP contribution >= 0.6 is 0 Å². The fourth-order valence-electron chi connectivity index (χ4n) is 2.24. The maximum absolute atomic E-state index is 14.0. The van der Waals surface area contributed by atoms with E-state index in [2.05, 4.69) is 4.98 Å². The van der Waals surface area contributed by atoms with Crippen LogP contribution in [0.3, 0.4) is 0 Å². The Morgan fingerprint density at radius 2 is 2.00 bits per heavy atom. The van der Waals surface area contributed by atoms with Gasteiger partial charge in [-0.15, -0.1) is 0 Å². The molecule has 2 aromatic carbocycles. The van der Waals surface area contributed by atoms with Gasteiger partial charge in [0.1, 0.15) is 5.82 Å². The first-order valence-electron chi connectivity index (χ1n) is 6.46. The molecule has 0 radical (unpaired) electrons. The molecule has 0 fully saturated rings. The Hall–Kier alpha value is -2.63. The summed E-state index contributed by atoms with van der Waals surface area (Å²) in [6.45, 7) is 2.16. The van der Waals surface area contributed by atoms with Crippen LogP contribution in [-0.2, 0) is 0 Å². The third-order valence-electron chi connectivity index (χ3n) is 3.12. The highest BCUT2D eigenvalue weighted by Crippen LogP contribution is 2.26. The fourth-order valence-corrected chi connectivity index (χ4v) is 2.24. The van der Waals surface area contributed by atoms with Gasteiger partial charge < -0.3 is 10.5 Å². The fraction of sp³-hybridized carbons (Fsp3) is 0.133. The first-order chi connectivity index (χ1) is 10.1. The highest BCUT2D eigenvalue weighted by molar-refractivity contribution is 5.80. The van der Waals surface area contributed by atoms with E-state index in [0.717, 1.165) is 0 Å². The number of anilines is 1. The van der Waals surface area contributed by atoms with Gasteiger partial charge in [-0.2, -0.15) is 0 Å². The van der Waals surface area contributed by atoms with E-state index >= 15 is 0 Å². The predicted molar refractivity (Wildman–Crippen MR) is 76.6 cm³/mol. The molecule has 0 aliphatic heterocycles. The molecule has 6 heteroatoms. The van der Waals surface area contributed by atoms with E-state index in [-0.39, 0.29) is 11.7 Å². The minimum absolute atomic E-state index is 0.166. The Labute approximate surface area is 119 Å². The summed E-state index contributed by atoms with van der Waals surface area (Å²) < 4.78 is 33.9. The summed E-state index contributed by atoms with van der Waals surface area (Å²) in [7, 11) is 0. The zero-order valence-electron chi connectivity index (χ0n) is 11.3. The van der Waals surface area contributed by atoms with Gasteiger partial charge in [-0.25, -0.2) is 13.8 Å². The Balaban J connectivity index is 2.16. The van der Waals surface area contributed by atoms with Crippen LogP contribution in [0, 0.1) is 11.6 Å². The number of imidazole rings is 1. The third-order valence-corrected chi connectivity index (χ3v) is 3.12. The number of benzene rings is 2. The summed E-state index contributed by atoms with van der Waals surface area (Å²) in [6.07, 6.45) is 0. The van der Waals surface area contributed by atoms with Crippen molar-refractivity contribution in [2.75, 3.05) is 12.3 Å². The molecule has 0 amide bonds. The minimum Gasteiger partial charge on any atom is -0.491 e. The summed E-state index contributed by atoms with van der Waals surface area (Å²) in [6, 6.07) is 8.67. The molecule has 0 saturated carbocycles. The van der Waals surface area contributed by atoms with Gasteiger partial charge in [0.05, 0.1) is 23.3 Å². The van der Waals surface area contributed by atoms with Crippen LogP contribution in [0.25, 0.3) is 16.7 Å². The summed E-state index contributed by atoms with van der Waals surface area (Å²) in [5, 5.41) is 0. The van der Waals surface area contributed by atoms with Crippen LogP contribution in [0.5, 0.6) is 5.75 Å².